The van der Waals surface area contributed by atoms with Gasteiger partial charge in [-0.25, -0.2) is 8.42 Å². The van der Waals surface area contributed by atoms with E-state index in [2.05, 4.69) is 19.9 Å². The van der Waals surface area contributed by atoms with Crippen LogP contribution in [0.3, 0.4) is 0 Å². The Morgan fingerprint density at radius 3 is 2.58 bits per heavy atom. The lowest BCUT2D eigenvalue weighted by atomic mass is 10.2. The molecule has 0 unspecified atom stereocenters. The number of amides is 2. The van der Waals surface area contributed by atoms with Gasteiger partial charge in [-0.05, 0) is 30.3 Å². The maximum atomic E-state index is 12.5. The summed E-state index contributed by atoms with van der Waals surface area (Å²) in [6.45, 7) is 2.53. The number of halogens is 1. The molecule has 9 nitrogen and oxygen atoms in total. The van der Waals surface area contributed by atoms with Crippen LogP contribution in [0.4, 0.5) is 5.69 Å². The molecule has 33 heavy (non-hydrogen) atoms. The summed E-state index contributed by atoms with van der Waals surface area (Å²) in [7, 11) is -3.60. The highest BCUT2D eigenvalue weighted by Gasteiger charge is 2.30. The van der Waals surface area contributed by atoms with Crippen LogP contribution in [0.15, 0.2) is 58.4 Å². The second-order valence-corrected chi connectivity index (χ2v) is 9.79. The van der Waals surface area contributed by atoms with Gasteiger partial charge in [-0.2, -0.15) is 0 Å². The van der Waals surface area contributed by atoms with Gasteiger partial charge in [-0.1, -0.05) is 29.8 Å². The SMILES string of the molecule is O=C(CCN=C1NS(=O)(=O)c2ccccc21)NCC(=O)N1CCN(c2cccc(Cl)c2)CC1. The number of anilines is 1. The Labute approximate surface area is 197 Å². The van der Waals surface area contributed by atoms with Gasteiger partial charge >= 0.3 is 0 Å². The van der Waals surface area contributed by atoms with Crippen LogP contribution in [0.5, 0.6) is 0 Å². The number of aliphatic imine (C=N–C) groups is 1. The third kappa shape index (κ3) is 5.45. The first-order valence-electron chi connectivity index (χ1n) is 10.6. The Hall–Kier alpha value is -3.11. The third-order valence-electron chi connectivity index (χ3n) is 5.51. The lowest BCUT2D eigenvalue weighted by Gasteiger charge is -2.36. The molecule has 2 aromatic rings. The van der Waals surface area contributed by atoms with Crippen molar-refractivity contribution in [2.45, 2.75) is 11.3 Å². The minimum Gasteiger partial charge on any atom is -0.368 e. The lowest BCUT2D eigenvalue weighted by Crippen LogP contribution is -2.51. The van der Waals surface area contributed by atoms with E-state index in [0.29, 0.717) is 36.8 Å². The van der Waals surface area contributed by atoms with E-state index in [9.17, 15) is 18.0 Å². The molecule has 2 aliphatic rings. The average Bonchev–Trinajstić information content (AvgIpc) is 3.08. The number of nitrogens with one attached hydrogen (secondary N) is 2. The summed E-state index contributed by atoms with van der Waals surface area (Å²) in [5.41, 5.74) is 1.52. The number of fused-ring (bicyclic) bond motifs is 1. The van der Waals surface area contributed by atoms with E-state index in [1.165, 1.54) is 6.07 Å². The number of nitrogens with zero attached hydrogens (tertiary/aromatic N) is 3. The van der Waals surface area contributed by atoms with Gasteiger partial charge < -0.3 is 15.1 Å². The molecular formula is C22H24ClN5O4S. The molecule has 174 valence electrons. The van der Waals surface area contributed by atoms with E-state index in [1.807, 2.05) is 24.3 Å². The van der Waals surface area contributed by atoms with E-state index >= 15 is 0 Å². The molecule has 2 N–H and O–H groups in total. The van der Waals surface area contributed by atoms with Gasteiger partial charge in [0.1, 0.15) is 5.84 Å². The van der Waals surface area contributed by atoms with Gasteiger partial charge in [0.25, 0.3) is 10.0 Å². The molecule has 2 aromatic carbocycles. The first-order chi connectivity index (χ1) is 15.8. The molecule has 11 heteroatoms. The molecule has 1 saturated heterocycles. The molecule has 0 bridgehead atoms. The first-order valence-corrected chi connectivity index (χ1v) is 12.4. The average molecular weight is 490 g/mol. The number of benzene rings is 2. The van der Waals surface area contributed by atoms with Crippen molar-refractivity contribution in [2.24, 2.45) is 4.99 Å². The normalized spacial score (nSPS) is 18.0. The van der Waals surface area contributed by atoms with E-state index in [1.54, 1.807) is 23.1 Å². The number of rotatable bonds is 6. The van der Waals surface area contributed by atoms with Gasteiger partial charge in [-0.15, -0.1) is 0 Å². The number of piperazine rings is 1. The van der Waals surface area contributed by atoms with Gasteiger partial charge in [0.15, 0.2) is 0 Å². The van der Waals surface area contributed by atoms with Crippen molar-refractivity contribution >= 4 is 45.0 Å². The molecule has 0 atom stereocenters. The molecule has 2 amide bonds. The van der Waals surface area contributed by atoms with Gasteiger partial charge in [0.05, 0.1) is 18.0 Å². The van der Waals surface area contributed by atoms with Crippen LogP contribution in [-0.4, -0.2) is 70.2 Å². The van der Waals surface area contributed by atoms with Gasteiger partial charge in [0.2, 0.25) is 11.8 Å². The molecule has 2 aliphatic heterocycles. The Bertz CT molecular complexity index is 1190. The van der Waals surface area contributed by atoms with Crippen LogP contribution < -0.4 is 14.9 Å². The number of hydrogen-bond donors (Lipinski definition) is 2. The predicted molar refractivity (Wildman–Crippen MR) is 126 cm³/mol. The van der Waals surface area contributed by atoms with Crippen LogP contribution in [-0.2, 0) is 19.6 Å². The highest BCUT2D eigenvalue weighted by Crippen LogP contribution is 2.22. The molecule has 2 heterocycles. The number of carbonyl (C=O) groups excluding carboxylic acids is 2. The maximum Gasteiger partial charge on any atom is 0.263 e. The van der Waals surface area contributed by atoms with Crippen LogP contribution in [0, 0.1) is 0 Å². The Morgan fingerprint density at radius 1 is 1.06 bits per heavy atom. The van der Waals surface area contributed by atoms with Gasteiger partial charge in [-0.3, -0.25) is 19.3 Å². The van der Waals surface area contributed by atoms with Crippen LogP contribution in [0.25, 0.3) is 0 Å². The molecule has 0 radical (unpaired) electrons. The zero-order valence-electron chi connectivity index (χ0n) is 17.8. The fraction of sp³-hybridized carbons (Fsp3) is 0.318. The zero-order chi connectivity index (χ0) is 23.4. The monoisotopic (exact) mass is 489 g/mol. The topological polar surface area (TPSA) is 111 Å². The molecule has 0 aromatic heterocycles. The molecular weight excluding hydrogens is 466 g/mol. The summed E-state index contributed by atoms with van der Waals surface area (Å²) in [6, 6.07) is 14.1. The number of hydrogen-bond acceptors (Lipinski definition) is 6. The molecule has 4 rings (SSSR count). The van der Waals surface area contributed by atoms with E-state index in [4.69, 9.17) is 11.6 Å². The largest absolute Gasteiger partial charge is 0.368 e. The van der Waals surface area contributed by atoms with Crippen LogP contribution in [0.2, 0.25) is 5.02 Å². The summed E-state index contributed by atoms with van der Waals surface area (Å²) >= 11 is 6.05. The summed E-state index contributed by atoms with van der Waals surface area (Å²) in [5.74, 6) is -0.232. The van der Waals surface area contributed by atoms with Crippen molar-refractivity contribution in [3.63, 3.8) is 0 Å². The molecule has 1 fully saturated rings. The van der Waals surface area contributed by atoms with Crippen LogP contribution >= 0.6 is 11.6 Å². The molecule has 0 aliphatic carbocycles. The van der Waals surface area contributed by atoms with E-state index in [-0.39, 0.29) is 42.1 Å². The van der Waals surface area contributed by atoms with Crippen molar-refractivity contribution in [1.29, 1.82) is 0 Å². The summed E-state index contributed by atoms with van der Waals surface area (Å²) < 4.78 is 26.6. The lowest BCUT2D eigenvalue weighted by molar-refractivity contribution is -0.133. The third-order valence-corrected chi connectivity index (χ3v) is 7.15. The smallest absolute Gasteiger partial charge is 0.263 e. The Balaban J connectivity index is 1.21. The molecule has 0 spiro atoms. The fourth-order valence-corrected chi connectivity index (χ4v) is 5.22. The van der Waals surface area contributed by atoms with E-state index in [0.717, 1.165) is 5.69 Å². The van der Waals surface area contributed by atoms with Crippen molar-refractivity contribution in [3.8, 4) is 0 Å². The number of sulfonamides is 1. The Kier molecular flexibility index (Phi) is 6.85. The highest BCUT2D eigenvalue weighted by atomic mass is 35.5. The van der Waals surface area contributed by atoms with Crippen molar-refractivity contribution < 1.29 is 18.0 Å². The minimum atomic E-state index is -3.60. The van der Waals surface area contributed by atoms with E-state index < -0.39 is 10.0 Å². The summed E-state index contributed by atoms with van der Waals surface area (Å²) in [5, 5.41) is 3.30. The van der Waals surface area contributed by atoms with Crippen molar-refractivity contribution in [3.05, 3.63) is 59.1 Å². The summed E-state index contributed by atoms with van der Waals surface area (Å²) in [6.07, 6.45) is 0.0449. The number of amidine groups is 1. The quantitative estimate of drug-likeness (QED) is 0.634. The zero-order valence-corrected chi connectivity index (χ0v) is 19.4. The standard InChI is InChI=1S/C22H24ClN5O4S/c23-16-4-3-5-17(14-16)27-10-12-28(13-11-27)21(30)15-25-20(29)8-9-24-22-18-6-1-2-7-19(18)33(31,32)26-22/h1-7,14H,8-13,15H2,(H,24,26)(H,25,29). The highest BCUT2D eigenvalue weighted by molar-refractivity contribution is 7.90. The van der Waals surface area contributed by atoms with Crippen molar-refractivity contribution in [1.82, 2.24) is 14.9 Å². The minimum absolute atomic E-state index is 0.0449. The maximum absolute atomic E-state index is 12.5. The second kappa shape index (κ2) is 9.80. The van der Waals surface area contributed by atoms with Gasteiger partial charge in [0, 0.05) is 48.9 Å². The van der Waals surface area contributed by atoms with Crippen LogP contribution in [0.1, 0.15) is 12.0 Å². The predicted octanol–water partition coefficient (Wildman–Crippen LogP) is 1.23. The molecule has 0 saturated carbocycles. The fourth-order valence-electron chi connectivity index (χ4n) is 3.78. The first kappa shape index (κ1) is 23.1. The summed E-state index contributed by atoms with van der Waals surface area (Å²) in [4.78, 5) is 32.9. The van der Waals surface area contributed by atoms with Crippen molar-refractivity contribution in [2.75, 3.05) is 44.2 Å². The second-order valence-electron chi connectivity index (χ2n) is 7.71. The Morgan fingerprint density at radius 2 is 1.82 bits per heavy atom. The number of carbonyl (C=O) groups is 2.